The molecule has 8 nitrogen and oxygen atoms in total. The summed E-state index contributed by atoms with van der Waals surface area (Å²) in [5.74, 6) is 1.13. The van der Waals surface area contributed by atoms with Gasteiger partial charge >= 0.3 is 0 Å². The van der Waals surface area contributed by atoms with Gasteiger partial charge in [-0.3, -0.25) is 9.36 Å². The van der Waals surface area contributed by atoms with Crippen molar-refractivity contribution in [3.05, 3.63) is 59.7 Å². The van der Waals surface area contributed by atoms with Crippen LogP contribution in [-0.2, 0) is 16.1 Å². The van der Waals surface area contributed by atoms with Crippen molar-refractivity contribution in [2.45, 2.75) is 18.6 Å². The van der Waals surface area contributed by atoms with Gasteiger partial charge in [0.05, 0.1) is 24.7 Å². The highest BCUT2D eigenvalue weighted by molar-refractivity contribution is 7.99. The molecule has 1 amide bonds. The zero-order chi connectivity index (χ0) is 24.1. The highest BCUT2D eigenvalue weighted by Gasteiger charge is 2.23. The Morgan fingerprint density at radius 2 is 1.74 bits per heavy atom. The van der Waals surface area contributed by atoms with Crippen LogP contribution in [0.1, 0.15) is 11.1 Å². The topological polar surface area (TPSA) is 66.7 Å². The summed E-state index contributed by atoms with van der Waals surface area (Å²) < 4.78 is 7.58. The number of carbonyl (C=O) groups is 1. The molecule has 1 aliphatic rings. The van der Waals surface area contributed by atoms with Gasteiger partial charge in [-0.15, -0.1) is 10.2 Å². The number of thioether (sulfide) groups is 1. The molecule has 0 N–H and O–H groups in total. The molecule has 2 aromatic carbocycles. The lowest BCUT2D eigenvalue weighted by atomic mass is 10.2. The van der Waals surface area contributed by atoms with E-state index >= 15 is 0 Å². The van der Waals surface area contributed by atoms with Crippen LogP contribution in [0.15, 0.2) is 53.7 Å². The Kier molecular flexibility index (Phi) is 7.74. The molecule has 1 fully saturated rings. The molecule has 1 aromatic heterocycles. The Morgan fingerprint density at radius 1 is 1.03 bits per heavy atom. The van der Waals surface area contributed by atoms with Gasteiger partial charge in [-0.2, -0.15) is 0 Å². The van der Waals surface area contributed by atoms with Crippen molar-refractivity contribution in [3.63, 3.8) is 0 Å². The van der Waals surface area contributed by atoms with E-state index in [4.69, 9.17) is 4.74 Å². The molecule has 2 heterocycles. The molecule has 0 spiro atoms. The van der Waals surface area contributed by atoms with Gasteiger partial charge in [-0.05, 0) is 36.2 Å². The number of aromatic nitrogens is 3. The maximum absolute atomic E-state index is 12.9. The van der Waals surface area contributed by atoms with E-state index < -0.39 is 0 Å². The number of amides is 1. The molecule has 0 unspecified atom stereocenters. The predicted molar refractivity (Wildman–Crippen MR) is 137 cm³/mol. The molecular formula is C25H32N6O2S. The fourth-order valence-corrected chi connectivity index (χ4v) is 4.73. The van der Waals surface area contributed by atoms with Crippen LogP contribution < -0.4 is 9.80 Å². The Balaban J connectivity index is 1.48. The monoisotopic (exact) mass is 480 g/mol. The van der Waals surface area contributed by atoms with Crippen LogP contribution in [0.5, 0.6) is 0 Å². The molecule has 34 heavy (non-hydrogen) atoms. The fourth-order valence-electron chi connectivity index (χ4n) is 3.85. The van der Waals surface area contributed by atoms with Crippen LogP contribution in [0.2, 0.25) is 0 Å². The standard InChI is InChI=1S/C25H32N6O2S/c1-19-7-5-6-8-22(19)31-24(30-13-15-33-16-14-30)26-27-25(31)34-18-23(32)29(4)17-20-9-11-21(12-10-20)28(2)3/h5-12H,13-18H2,1-4H3. The first-order valence-corrected chi connectivity index (χ1v) is 12.4. The quantitative estimate of drug-likeness (QED) is 0.459. The average molecular weight is 481 g/mol. The maximum atomic E-state index is 12.9. The molecule has 1 aliphatic heterocycles. The van der Waals surface area contributed by atoms with E-state index in [2.05, 4.69) is 67.9 Å². The van der Waals surface area contributed by atoms with Gasteiger partial charge in [0.2, 0.25) is 11.9 Å². The molecule has 180 valence electrons. The summed E-state index contributed by atoms with van der Waals surface area (Å²) in [7, 11) is 5.87. The van der Waals surface area contributed by atoms with Crippen LogP contribution >= 0.6 is 11.8 Å². The van der Waals surface area contributed by atoms with Crippen LogP contribution in [0.4, 0.5) is 11.6 Å². The molecule has 0 atom stereocenters. The number of anilines is 2. The second-order valence-corrected chi connectivity index (χ2v) is 9.55. The van der Waals surface area contributed by atoms with Crippen molar-refractivity contribution in [1.29, 1.82) is 0 Å². The molecule has 0 saturated carbocycles. The third-order valence-corrected chi connectivity index (χ3v) is 6.80. The number of nitrogens with zero attached hydrogens (tertiary/aromatic N) is 6. The number of carbonyl (C=O) groups excluding carboxylic acids is 1. The number of aryl methyl sites for hydroxylation is 1. The minimum absolute atomic E-state index is 0.0499. The summed E-state index contributed by atoms with van der Waals surface area (Å²) in [6.45, 7) is 5.51. The van der Waals surface area contributed by atoms with E-state index in [1.54, 1.807) is 4.90 Å². The van der Waals surface area contributed by atoms with Crippen molar-refractivity contribution in [2.75, 3.05) is 63.0 Å². The summed E-state index contributed by atoms with van der Waals surface area (Å²) in [6, 6.07) is 16.4. The zero-order valence-electron chi connectivity index (χ0n) is 20.3. The first-order chi connectivity index (χ1) is 16.4. The summed E-state index contributed by atoms with van der Waals surface area (Å²) in [6.07, 6.45) is 0. The number of rotatable bonds is 8. The van der Waals surface area contributed by atoms with Gasteiger partial charge in [-0.1, -0.05) is 42.1 Å². The largest absolute Gasteiger partial charge is 0.378 e. The number of ether oxygens (including phenoxy) is 1. The molecule has 1 saturated heterocycles. The lowest BCUT2D eigenvalue weighted by molar-refractivity contribution is -0.127. The predicted octanol–water partition coefficient (Wildman–Crippen LogP) is 3.23. The smallest absolute Gasteiger partial charge is 0.233 e. The van der Waals surface area contributed by atoms with Crippen molar-refractivity contribution in [1.82, 2.24) is 19.7 Å². The van der Waals surface area contributed by atoms with Crippen LogP contribution in [0, 0.1) is 6.92 Å². The third-order valence-electron chi connectivity index (χ3n) is 5.89. The summed E-state index contributed by atoms with van der Waals surface area (Å²) in [4.78, 5) is 18.9. The zero-order valence-corrected chi connectivity index (χ0v) is 21.1. The number of hydrogen-bond acceptors (Lipinski definition) is 7. The summed E-state index contributed by atoms with van der Waals surface area (Å²) in [5, 5.41) is 9.69. The van der Waals surface area contributed by atoms with Gasteiger partial charge in [0.1, 0.15) is 0 Å². The third kappa shape index (κ3) is 5.53. The average Bonchev–Trinajstić information content (AvgIpc) is 3.27. The molecule has 0 aliphatic carbocycles. The van der Waals surface area contributed by atoms with Crippen molar-refractivity contribution in [3.8, 4) is 5.69 Å². The van der Waals surface area contributed by atoms with E-state index in [0.29, 0.717) is 30.7 Å². The van der Waals surface area contributed by atoms with Gasteiger partial charge in [0.15, 0.2) is 5.16 Å². The Labute approximate surface area is 205 Å². The van der Waals surface area contributed by atoms with E-state index in [9.17, 15) is 4.79 Å². The maximum Gasteiger partial charge on any atom is 0.233 e. The normalized spacial score (nSPS) is 13.7. The lowest BCUT2D eigenvalue weighted by Crippen LogP contribution is -2.38. The Hall–Kier alpha value is -3.04. The Bertz CT molecular complexity index is 1110. The molecule has 9 heteroatoms. The van der Waals surface area contributed by atoms with Crippen LogP contribution in [0.25, 0.3) is 5.69 Å². The first kappa shape index (κ1) is 24.1. The minimum Gasteiger partial charge on any atom is -0.378 e. The highest BCUT2D eigenvalue weighted by Crippen LogP contribution is 2.29. The van der Waals surface area contributed by atoms with E-state index in [1.807, 2.05) is 33.3 Å². The summed E-state index contributed by atoms with van der Waals surface area (Å²) in [5.41, 5.74) is 4.39. The molecule has 4 rings (SSSR count). The SMILES string of the molecule is Cc1ccccc1-n1c(SCC(=O)N(C)Cc2ccc(N(C)C)cc2)nnc1N1CCOCC1. The van der Waals surface area contributed by atoms with E-state index in [-0.39, 0.29) is 5.91 Å². The minimum atomic E-state index is 0.0499. The second-order valence-electron chi connectivity index (χ2n) is 8.60. The summed E-state index contributed by atoms with van der Waals surface area (Å²) >= 11 is 1.42. The lowest BCUT2D eigenvalue weighted by Gasteiger charge is -2.28. The number of para-hydroxylation sites is 1. The molecule has 0 bridgehead atoms. The van der Waals surface area contributed by atoms with Crippen LogP contribution in [0.3, 0.4) is 0 Å². The molecule has 3 aromatic rings. The van der Waals surface area contributed by atoms with Gasteiger partial charge in [0.25, 0.3) is 0 Å². The van der Waals surface area contributed by atoms with Crippen molar-refractivity contribution in [2.24, 2.45) is 0 Å². The molecular weight excluding hydrogens is 448 g/mol. The highest BCUT2D eigenvalue weighted by atomic mass is 32.2. The molecule has 0 radical (unpaired) electrons. The first-order valence-electron chi connectivity index (χ1n) is 11.4. The van der Waals surface area contributed by atoms with Gasteiger partial charge in [0, 0.05) is 46.5 Å². The van der Waals surface area contributed by atoms with Gasteiger partial charge < -0.3 is 19.4 Å². The fraction of sp³-hybridized carbons (Fsp3) is 0.400. The Morgan fingerprint density at radius 3 is 2.41 bits per heavy atom. The van der Waals surface area contributed by atoms with E-state index in [0.717, 1.165) is 41.5 Å². The second kappa shape index (κ2) is 10.9. The van der Waals surface area contributed by atoms with Crippen molar-refractivity contribution >= 4 is 29.3 Å². The van der Waals surface area contributed by atoms with Gasteiger partial charge in [-0.25, -0.2) is 0 Å². The van der Waals surface area contributed by atoms with Crippen molar-refractivity contribution < 1.29 is 9.53 Å². The number of morpholine rings is 1. The van der Waals surface area contributed by atoms with E-state index in [1.165, 1.54) is 11.8 Å². The number of benzene rings is 2. The van der Waals surface area contributed by atoms with Crippen LogP contribution in [-0.4, -0.2) is 78.8 Å². The number of hydrogen-bond donors (Lipinski definition) is 0.